The van der Waals surface area contributed by atoms with E-state index in [4.69, 9.17) is 5.11 Å². The highest BCUT2D eigenvalue weighted by molar-refractivity contribution is 5.87. The fourth-order valence-corrected chi connectivity index (χ4v) is 2.43. The van der Waals surface area contributed by atoms with Crippen LogP contribution in [0.4, 0.5) is 4.39 Å². The molecule has 0 amide bonds. The van der Waals surface area contributed by atoms with Gasteiger partial charge < -0.3 is 15.5 Å². The van der Waals surface area contributed by atoms with E-state index in [9.17, 15) is 14.3 Å². The zero-order valence-corrected chi connectivity index (χ0v) is 10.6. The molecule has 19 heavy (non-hydrogen) atoms. The molecular formula is C14H18FNO3. The fraction of sp³-hybridized carbons (Fsp3) is 0.500. The molecule has 0 radical (unpaired) electrons. The Kier molecular flexibility index (Phi) is 4.50. The maximum atomic E-state index is 13.6. The van der Waals surface area contributed by atoms with E-state index >= 15 is 0 Å². The van der Waals surface area contributed by atoms with Gasteiger partial charge in [-0.15, -0.1) is 0 Å². The second kappa shape index (κ2) is 6.12. The van der Waals surface area contributed by atoms with Crippen LogP contribution in [0.5, 0.6) is 0 Å². The van der Waals surface area contributed by atoms with Crippen molar-refractivity contribution in [3.05, 3.63) is 35.1 Å². The first kappa shape index (κ1) is 14.0. The molecule has 0 spiro atoms. The Morgan fingerprint density at radius 1 is 1.37 bits per heavy atom. The van der Waals surface area contributed by atoms with Crippen LogP contribution in [0.25, 0.3) is 0 Å². The molecule has 4 nitrogen and oxygen atoms in total. The molecule has 1 aromatic rings. The molecule has 1 fully saturated rings. The van der Waals surface area contributed by atoms with Gasteiger partial charge in [-0.1, -0.05) is 12.8 Å². The molecule has 2 unspecified atom stereocenters. The summed E-state index contributed by atoms with van der Waals surface area (Å²) >= 11 is 0. The smallest absolute Gasteiger partial charge is 0.335 e. The van der Waals surface area contributed by atoms with E-state index < -0.39 is 17.9 Å². The van der Waals surface area contributed by atoms with Gasteiger partial charge in [0.1, 0.15) is 5.82 Å². The van der Waals surface area contributed by atoms with E-state index in [0.29, 0.717) is 5.56 Å². The number of aromatic carboxylic acids is 1. The summed E-state index contributed by atoms with van der Waals surface area (Å²) in [5.74, 6) is -1.50. The summed E-state index contributed by atoms with van der Waals surface area (Å²) in [7, 11) is 0. The number of hydrogen-bond acceptors (Lipinski definition) is 3. The van der Waals surface area contributed by atoms with Crippen molar-refractivity contribution in [3.8, 4) is 0 Å². The number of halogens is 1. The molecule has 0 bridgehead atoms. The number of carboxylic acids is 1. The molecule has 0 aliphatic heterocycles. The van der Waals surface area contributed by atoms with Gasteiger partial charge in [-0.25, -0.2) is 9.18 Å². The van der Waals surface area contributed by atoms with Gasteiger partial charge in [-0.2, -0.15) is 0 Å². The molecule has 3 N–H and O–H groups in total. The minimum Gasteiger partial charge on any atom is -0.478 e. The summed E-state index contributed by atoms with van der Waals surface area (Å²) in [6.45, 7) is 0.231. The first-order valence-electron chi connectivity index (χ1n) is 6.51. The van der Waals surface area contributed by atoms with Gasteiger partial charge in [0.05, 0.1) is 11.7 Å². The van der Waals surface area contributed by atoms with Crippen LogP contribution in [-0.4, -0.2) is 28.3 Å². The van der Waals surface area contributed by atoms with Gasteiger partial charge >= 0.3 is 5.97 Å². The Labute approximate surface area is 111 Å². The second-order valence-corrected chi connectivity index (χ2v) is 4.95. The van der Waals surface area contributed by atoms with Crippen LogP contribution in [0, 0.1) is 5.82 Å². The lowest BCUT2D eigenvalue weighted by molar-refractivity contribution is 0.0696. The molecular weight excluding hydrogens is 249 g/mol. The average Bonchev–Trinajstić information content (AvgIpc) is 2.39. The standard InChI is InChI=1S/C14H18FNO3/c15-11-6-5-9(14(18)19)7-10(11)8-16-12-3-1-2-4-13(12)17/h5-7,12-13,16-17H,1-4,8H2,(H,18,19). The van der Waals surface area contributed by atoms with Crippen molar-refractivity contribution < 1.29 is 19.4 Å². The highest BCUT2D eigenvalue weighted by Gasteiger charge is 2.22. The van der Waals surface area contributed by atoms with Crippen molar-refractivity contribution in [1.82, 2.24) is 5.32 Å². The highest BCUT2D eigenvalue weighted by Crippen LogP contribution is 2.19. The number of aliphatic hydroxyl groups excluding tert-OH is 1. The summed E-state index contributed by atoms with van der Waals surface area (Å²) in [5.41, 5.74) is 0.389. The Morgan fingerprint density at radius 3 is 2.79 bits per heavy atom. The maximum Gasteiger partial charge on any atom is 0.335 e. The molecule has 0 aromatic heterocycles. The van der Waals surface area contributed by atoms with Crippen LogP contribution in [0.3, 0.4) is 0 Å². The van der Waals surface area contributed by atoms with Crippen molar-refractivity contribution in [2.24, 2.45) is 0 Å². The molecule has 0 heterocycles. The van der Waals surface area contributed by atoms with Gasteiger partial charge in [-0.05, 0) is 31.0 Å². The summed E-state index contributed by atoms with van der Waals surface area (Å²) in [6.07, 6.45) is 3.28. The van der Waals surface area contributed by atoms with E-state index in [1.165, 1.54) is 12.1 Å². The number of carbonyl (C=O) groups is 1. The zero-order chi connectivity index (χ0) is 13.8. The van der Waals surface area contributed by atoms with Crippen LogP contribution >= 0.6 is 0 Å². The van der Waals surface area contributed by atoms with Crippen LogP contribution in [-0.2, 0) is 6.54 Å². The molecule has 0 saturated heterocycles. The lowest BCUT2D eigenvalue weighted by Gasteiger charge is -2.28. The van der Waals surface area contributed by atoms with Crippen molar-refractivity contribution in [2.75, 3.05) is 0 Å². The predicted molar refractivity (Wildman–Crippen MR) is 68.5 cm³/mol. The molecule has 2 atom stereocenters. The number of rotatable bonds is 4. The fourth-order valence-electron chi connectivity index (χ4n) is 2.43. The molecule has 104 valence electrons. The van der Waals surface area contributed by atoms with E-state index in [1.54, 1.807) is 0 Å². The normalized spacial score (nSPS) is 23.3. The van der Waals surface area contributed by atoms with Crippen molar-refractivity contribution in [3.63, 3.8) is 0 Å². The van der Waals surface area contributed by atoms with Crippen molar-refractivity contribution in [2.45, 2.75) is 44.4 Å². The van der Waals surface area contributed by atoms with E-state index in [2.05, 4.69) is 5.32 Å². The minimum absolute atomic E-state index is 0.0402. The number of benzene rings is 1. The number of aliphatic hydroxyl groups is 1. The SMILES string of the molecule is O=C(O)c1ccc(F)c(CNC2CCCCC2O)c1. The first-order chi connectivity index (χ1) is 9.08. The summed E-state index contributed by atoms with van der Waals surface area (Å²) in [5, 5.41) is 21.8. The Morgan fingerprint density at radius 2 is 2.11 bits per heavy atom. The lowest BCUT2D eigenvalue weighted by Crippen LogP contribution is -2.41. The third kappa shape index (κ3) is 3.52. The molecule has 1 aliphatic carbocycles. The van der Waals surface area contributed by atoms with Gasteiger partial charge in [-0.3, -0.25) is 0 Å². The third-order valence-electron chi connectivity index (χ3n) is 3.58. The van der Waals surface area contributed by atoms with E-state index in [-0.39, 0.29) is 18.2 Å². The quantitative estimate of drug-likeness (QED) is 0.779. The van der Waals surface area contributed by atoms with Crippen LogP contribution in [0.1, 0.15) is 41.6 Å². The highest BCUT2D eigenvalue weighted by atomic mass is 19.1. The minimum atomic E-state index is -1.07. The van der Waals surface area contributed by atoms with Gasteiger partial charge in [0.25, 0.3) is 0 Å². The van der Waals surface area contributed by atoms with Crippen molar-refractivity contribution >= 4 is 5.97 Å². The van der Waals surface area contributed by atoms with Gasteiger partial charge in [0.2, 0.25) is 0 Å². The Balaban J connectivity index is 2.02. The molecule has 5 heteroatoms. The van der Waals surface area contributed by atoms with E-state index in [0.717, 1.165) is 31.7 Å². The number of carboxylic acid groups (broad SMARTS) is 1. The first-order valence-corrected chi connectivity index (χ1v) is 6.51. The summed E-state index contributed by atoms with van der Waals surface area (Å²) in [6, 6.07) is 3.70. The monoisotopic (exact) mass is 267 g/mol. The number of nitrogens with one attached hydrogen (secondary N) is 1. The Hall–Kier alpha value is -1.46. The predicted octanol–water partition coefficient (Wildman–Crippen LogP) is 1.92. The van der Waals surface area contributed by atoms with Crippen LogP contribution in [0.2, 0.25) is 0 Å². The van der Waals surface area contributed by atoms with Crippen LogP contribution in [0.15, 0.2) is 18.2 Å². The van der Waals surface area contributed by atoms with Crippen molar-refractivity contribution in [1.29, 1.82) is 0 Å². The largest absolute Gasteiger partial charge is 0.478 e. The zero-order valence-electron chi connectivity index (χ0n) is 10.6. The molecule has 1 aliphatic rings. The average molecular weight is 267 g/mol. The third-order valence-corrected chi connectivity index (χ3v) is 3.58. The Bertz CT molecular complexity index is 464. The number of hydrogen-bond donors (Lipinski definition) is 3. The maximum absolute atomic E-state index is 13.6. The topological polar surface area (TPSA) is 69.6 Å². The van der Waals surface area contributed by atoms with E-state index in [1.807, 2.05) is 0 Å². The van der Waals surface area contributed by atoms with Crippen LogP contribution < -0.4 is 5.32 Å². The summed E-state index contributed by atoms with van der Waals surface area (Å²) < 4.78 is 13.6. The second-order valence-electron chi connectivity index (χ2n) is 4.95. The van der Waals surface area contributed by atoms with Gasteiger partial charge in [0.15, 0.2) is 0 Å². The lowest BCUT2D eigenvalue weighted by atomic mass is 9.92. The molecule has 2 rings (SSSR count). The van der Waals surface area contributed by atoms with Gasteiger partial charge in [0, 0.05) is 18.2 Å². The summed E-state index contributed by atoms with van der Waals surface area (Å²) in [4.78, 5) is 10.8. The molecule has 1 aromatic carbocycles. The molecule has 1 saturated carbocycles.